The standard InChI is InChI=1S/C21H21ClN4O/c1-13(2)26-20(24-21(27)15-6-4-3-5-7-15)18(14-8-9-14)19(25-26)17-11-10-16(22)12-23-17/h3-7,10-14H,8-9H2,1-2H3,(H,24,27). The van der Waals surface area contributed by atoms with Crippen molar-refractivity contribution in [1.82, 2.24) is 14.8 Å². The smallest absolute Gasteiger partial charge is 0.256 e. The maximum atomic E-state index is 12.8. The van der Waals surface area contributed by atoms with Crippen LogP contribution in [0.1, 0.15) is 54.6 Å². The highest BCUT2D eigenvalue weighted by molar-refractivity contribution is 6.30. The molecule has 138 valence electrons. The van der Waals surface area contributed by atoms with E-state index in [-0.39, 0.29) is 11.9 Å². The maximum Gasteiger partial charge on any atom is 0.256 e. The molecule has 0 saturated heterocycles. The van der Waals surface area contributed by atoms with Crippen LogP contribution in [0.4, 0.5) is 5.82 Å². The molecule has 1 aliphatic rings. The van der Waals surface area contributed by atoms with Gasteiger partial charge in [0.15, 0.2) is 0 Å². The van der Waals surface area contributed by atoms with Crippen LogP contribution in [0.15, 0.2) is 48.7 Å². The number of carbonyl (C=O) groups is 1. The molecule has 2 heterocycles. The molecule has 1 aromatic carbocycles. The van der Waals surface area contributed by atoms with Gasteiger partial charge in [-0.25, -0.2) is 4.68 Å². The molecule has 6 heteroatoms. The first kappa shape index (κ1) is 17.7. The third kappa shape index (κ3) is 3.60. The highest BCUT2D eigenvalue weighted by atomic mass is 35.5. The number of halogens is 1. The zero-order valence-electron chi connectivity index (χ0n) is 15.3. The van der Waals surface area contributed by atoms with E-state index in [1.807, 2.05) is 47.1 Å². The van der Waals surface area contributed by atoms with Crippen molar-refractivity contribution in [3.05, 3.63) is 64.8 Å². The number of amides is 1. The van der Waals surface area contributed by atoms with Gasteiger partial charge in [0.2, 0.25) is 0 Å². The Morgan fingerprint density at radius 1 is 1.19 bits per heavy atom. The van der Waals surface area contributed by atoms with Crippen LogP contribution in [0.25, 0.3) is 11.4 Å². The summed E-state index contributed by atoms with van der Waals surface area (Å²) < 4.78 is 1.89. The zero-order chi connectivity index (χ0) is 19.0. The molecule has 0 aliphatic heterocycles. The second kappa shape index (κ2) is 7.16. The molecule has 2 aromatic heterocycles. The number of aromatic nitrogens is 3. The van der Waals surface area contributed by atoms with Gasteiger partial charge in [-0.2, -0.15) is 5.10 Å². The molecule has 1 aliphatic carbocycles. The van der Waals surface area contributed by atoms with Crippen LogP contribution in [0.5, 0.6) is 0 Å². The SMILES string of the molecule is CC(C)n1nc(-c2ccc(Cl)cn2)c(C2CC2)c1NC(=O)c1ccccc1. The molecule has 4 rings (SSSR count). The highest BCUT2D eigenvalue weighted by Gasteiger charge is 2.34. The predicted octanol–water partition coefficient (Wildman–Crippen LogP) is 5.31. The van der Waals surface area contributed by atoms with Crippen molar-refractivity contribution in [3.63, 3.8) is 0 Å². The predicted molar refractivity (Wildman–Crippen MR) is 107 cm³/mol. The second-order valence-electron chi connectivity index (χ2n) is 7.11. The minimum atomic E-state index is -0.130. The summed E-state index contributed by atoms with van der Waals surface area (Å²) in [4.78, 5) is 17.2. The Balaban J connectivity index is 1.80. The van der Waals surface area contributed by atoms with Gasteiger partial charge in [-0.15, -0.1) is 0 Å². The first-order valence-corrected chi connectivity index (χ1v) is 9.53. The summed E-state index contributed by atoms with van der Waals surface area (Å²) in [6.07, 6.45) is 3.82. The third-order valence-electron chi connectivity index (χ3n) is 4.66. The van der Waals surface area contributed by atoms with Crippen molar-refractivity contribution in [2.75, 3.05) is 5.32 Å². The van der Waals surface area contributed by atoms with Crippen LogP contribution in [-0.4, -0.2) is 20.7 Å². The molecule has 0 spiro atoms. The van der Waals surface area contributed by atoms with Gasteiger partial charge in [0.1, 0.15) is 11.5 Å². The number of hydrogen-bond acceptors (Lipinski definition) is 3. The number of pyridine rings is 1. The van der Waals surface area contributed by atoms with Gasteiger partial charge in [0.25, 0.3) is 5.91 Å². The number of nitrogens with one attached hydrogen (secondary N) is 1. The van der Waals surface area contributed by atoms with Crippen molar-refractivity contribution < 1.29 is 4.79 Å². The summed E-state index contributed by atoms with van der Waals surface area (Å²) >= 11 is 5.99. The quantitative estimate of drug-likeness (QED) is 0.652. The Bertz CT molecular complexity index is 960. The number of hydrogen-bond donors (Lipinski definition) is 1. The Morgan fingerprint density at radius 3 is 2.52 bits per heavy atom. The highest BCUT2D eigenvalue weighted by Crippen LogP contribution is 2.48. The summed E-state index contributed by atoms with van der Waals surface area (Å²) in [5.74, 6) is 1.04. The average Bonchev–Trinajstić information content (AvgIpc) is 3.44. The minimum absolute atomic E-state index is 0.106. The van der Waals surface area contributed by atoms with Crippen molar-refractivity contribution in [2.24, 2.45) is 0 Å². The van der Waals surface area contributed by atoms with E-state index in [9.17, 15) is 4.79 Å². The van der Waals surface area contributed by atoms with Crippen LogP contribution in [0.3, 0.4) is 0 Å². The van der Waals surface area contributed by atoms with E-state index < -0.39 is 0 Å². The Hall–Kier alpha value is -2.66. The monoisotopic (exact) mass is 380 g/mol. The molecule has 0 radical (unpaired) electrons. The van der Waals surface area contributed by atoms with Crippen LogP contribution >= 0.6 is 11.6 Å². The van der Waals surface area contributed by atoms with Gasteiger partial charge < -0.3 is 5.32 Å². The summed E-state index contributed by atoms with van der Waals surface area (Å²) in [5.41, 5.74) is 3.30. The lowest BCUT2D eigenvalue weighted by Gasteiger charge is -2.13. The van der Waals surface area contributed by atoms with E-state index in [2.05, 4.69) is 24.1 Å². The average molecular weight is 381 g/mol. The fourth-order valence-corrected chi connectivity index (χ4v) is 3.29. The fraction of sp³-hybridized carbons (Fsp3) is 0.286. The summed E-state index contributed by atoms with van der Waals surface area (Å²) in [5, 5.41) is 8.51. The fourth-order valence-electron chi connectivity index (χ4n) is 3.18. The zero-order valence-corrected chi connectivity index (χ0v) is 16.1. The maximum absolute atomic E-state index is 12.8. The third-order valence-corrected chi connectivity index (χ3v) is 4.88. The Morgan fingerprint density at radius 2 is 1.93 bits per heavy atom. The van der Waals surface area contributed by atoms with Crippen molar-refractivity contribution >= 4 is 23.3 Å². The normalized spacial score (nSPS) is 13.8. The second-order valence-corrected chi connectivity index (χ2v) is 7.54. The van der Waals surface area contributed by atoms with Crippen LogP contribution in [0.2, 0.25) is 5.02 Å². The number of rotatable bonds is 5. The van der Waals surface area contributed by atoms with Gasteiger partial charge in [0, 0.05) is 23.4 Å². The van der Waals surface area contributed by atoms with Gasteiger partial charge in [-0.1, -0.05) is 29.8 Å². The number of nitrogens with zero attached hydrogens (tertiary/aromatic N) is 3. The molecule has 1 N–H and O–H groups in total. The number of benzene rings is 1. The first-order valence-electron chi connectivity index (χ1n) is 9.15. The van der Waals surface area contributed by atoms with Gasteiger partial charge in [-0.3, -0.25) is 9.78 Å². The lowest BCUT2D eigenvalue weighted by atomic mass is 10.1. The Labute approximate surface area is 163 Å². The van der Waals surface area contributed by atoms with E-state index in [1.54, 1.807) is 6.20 Å². The van der Waals surface area contributed by atoms with Crippen molar-refractivity contribution in [2.45, 2.75) is 38.6 Å². The topological polar surface area (TPSA) is 59.8 Å². The molecule has 0 bridgehead atoms. The van der Waals surface area contributed by atoms with Crippen LogP contribution < -0.4 is 5.32 Å². The summed E-state index contributed by atoms with van der Waals surface area (Å²) in [7, 11) is 0. The molecular formula is C21H21ClN4O. The lowest BCUT2D eigenvalue weighted by molar-refractivity contribution is 0.102. The van der Waals surface area contributed by atoms with Crippen LogP contribution in [-0.2, 0) is 0 Å². The van der Waals surface area contributed by atoms with Crippen LogP contribution in [0, 0.1) is 0 Å². The molecular weight excluding hydrogens is 360 g/mol. The molecule has 1 fully saturated rings. The van der Waals surface area contributed by atoms with E-state index in [0.29, 0.717) is 16.5 Å². The molecule has 5 nitrogen and oxygen atoms in total. The van der Waals surface area contributed by atoms with Gasteiger partial charge >= 0.3 is 0 Å². The van der Waals surface area contributed by atoms with Crippen molar-refractivity contribution in [1.29, 1.82) is 0 Å². The van der Waals surface area contributed by atoms with E-state index in [4.69, 9.17) is 16.7 Å². The molecule has 3 aromatic rings. The van der Waals surface area contributed by atoms with E-state index in [0.717, 1.165) is 35.6 Å². The summed E-state index contributed by atoms with van der Waals surface area (Å²) in [6, 6.07) is 13.0. The number of anilines is 1. The number of carbonyl (C=O) groups excluding carboxylic acids is 1. The molecule has 0 unspecified atom stereocenters. The lowest BCUT2D eigenvalue weighted by Crippen LogP contribution is -2.17. The summed E-state index contributed by atoms with van der Waals surface area (Å²) in [6.45, 7) is 4.11. The molecule has 1 saturated carbocycles. The molecule has 1 amide bonds. The first-order chi connectivity index (χ1) is 13.0. The largest absolute Gasteiger partial charge is 0.307 e. The van der Waals surface area contributed by atoms with E-state index >= 15 is 0 Å². The van der Waals surface area contributed by atoms with Gasteiger partial charge in [0.05, 0.1) is 10.7 Å². The minimum Gasteiger partial charge on any atom is -0.307 e. The van der Waals surface area contributed by atoms with E-state index in [1.165, 1.54) is 0 Å². The molecule has 0 atom stereocenters. The Kier molecular flexibility index (Phi) is 4.70. The van der Waals surface area contributed by atoms with Gasteiger partial charge in [-0.05, 0) is 56.9 Å². The molecule has 27 heavy (non-hydrogen) atoms. The van der Waals surface area contributed by atoms with Crippen molar-refractivity contribution in [3.8, 4) is 11.4 Å².